The summed E-state index contributed by atoms with van der Waals surface area (Å²) in [5, 5.41) is 12.0. The van der Waals surface area contributed by atoms with Crippen LogP contribution in [0, 0.1) is 17.0 Å². The summed E-state index contributed by atoms with van der Waals surface area (Å²) >= 11 is 3.43. The summed E-state index contributed by atoms with van der Waals surface area (Å²) in [6.07, 6.45) is 0. The van der Waals surface area contributed by atoms with Gasteiger partial charge >= 0.3 is 0 Å². The fourth-order valence-corrected chi connectivity index (χ4v) is 2.79. The number of alkyl halides is 1. The standard InChI is InChI=1S/C17H18BrNO2/c1-11(2)15-9-16(12(3)8-17(15)19(20)21)14-6-4-13(10-18)5-7-14/h4-9,11H,10H2,1-3H3. The Hall–Kier alpha value is -1.68. The zero-order chi connectivity index (χ0) is 15.6. The molecule has 0 fully saturated rings. The maximum atomic E-state index is 11.2. The molecule has 0 heterocycles. The molecule has 2 rings (SSSR count). The van der Waals surface area contributed by atoms with Gasteiger partial charge in [0, 0.05) is 17.0 Å². The number of nitrogens with zero attached hydrogens (tertiary/aromatic N) is 1. The zero-order valence-corrected chi connectivity index (χ0v) is 14.0. The maximum Gasteiger partial charge on any atom is 0.273 e. The van der Waals surface area contributed by atoms with E-state index < -0.39 is 0 Å². The van der Waals surface area contributed by atoms with Crippen molar-refractivity contribution in [2.75, 3.05) is 0 Å². The summed E-state index contributed by atoms with van der Waals surface area (Å²) in [5.74, 6) is 0.117. The molecule has 0 spiro atoms. The number of aryl methyl sites for hydroxylation is 1. The van der Waals surface area contributed by atoms with Crippen molar-refractivity contribution in [3.8, 4) is 11.1 Å². The van der Waals surface area contributed by atoms with E-state index in [0.29, 0.717) is 0 Å². The number of nitro groups is 1. The van der Waals surface area contributed by atoms with Crippen LogP contribution in [-0.2, 0) is 5.33 Å². The van der Waals surface area contributed by atoms with Gasteiger partial charge in [-0.15, -0.1) is 0 Å². The van der Waals surface area contributed by atoms with Crippen molar-refractivity contribution in [1.29, 1.82) is 0 Å². The first-order valence-corrected chi connectivity index (χ1v) is 8.00. The van der Waals surface area contributed by atoms with Crippen LogP contribution in [0.25, 0.3) is 11.1 Å². The number of nitro benzene ring substituents is 1. The summed E-state index contributed by atoms with van der Waals surface area (Å²) in [6, 6.07) is 11.9. The number of hydrogen-bond acceptors (Lipinski definition) is 2. The summed E-state index contributed by atoms with van der Waals surface area (Å²) in [4.78, 5) is 10.9. The molecule has 0 radical (unpaired) electrons. The highest BCUT2D eigenvalue weighted by molar-refractivity contribution is 9.08. The smallest absolute Gasteiger partial charge is 0.258 e. The quantitative estimate of drug-likeness (QED) is 0.411. The van der Waals surface area contributed by atoms with Crippen LogP contribution in [0.3, 0.4) is 0 Å². The monoisotopic (exact) mass is 347 g/mol. The number of rotatable bonds is 4. The second-order valence-electron chi connectivity index (χ2n) is 5.47. The number of halogens is 1. The van der Waals surface area contributed by atoms with Gasteiger partial charge in [0.25, 0.3) is 5.69 Å². The molecular weight excluding hydrogens is 330 g/mol. The minimum Gasteiger partial charge on any atom is -0.258 e. The van der Waals surface area contributed by atoms with Crippen molar-refractivity contribution in [3.05, 3.63) is 63.2 Å². The van der Waals surface area contributed by atoms with Gasteiger partial charge in [0.1, 0.15) is 0 Å². The van der Waals surface area contributed by atoms with E-state index in [2.05, 4.69) is 40.2 Å². The largest absolute Gasteiger partial charge is 0.273 e. The minimum atomic E-state index is -0.292. The molecule has 21 heavy (non-hydrogen) atoms. The molecule has 0 saturated heterocycles. The third kappa shape index (κ3) is 3.32. The number of benzene rings is 2. The molecule has 0 saturated carbocycles. The lowest BCUT2D eigenvalue weighted by Crippen LogP contribution is -1.99. The molecule has 0 atom stereocenters. The Balaban J connectivity index is 2.58. The van der Waals surface area contributed by atoms with Crippen LogP contribution in [-0.4, -0.2) is 4.92 Å². The second-order valence-corrected chi connectivity index (χ2v) is 6.03. The maximum absolute atomic E-state index is 11.2. The van der Waals surface area contributed by atoms with Gasteiger partial charge in [0.2, 0.25) is 0 Å². The molecule has 110 valence electrons. The van der Waals surface area contributed by atoms with Crippen LogP contribution in [0.4, 0.5) is 5.69 Å². The Kier molecular flexibility index (Phi) is 4.78. The molecule has 0 N–H and O–H groups in total. The lowest BCUT2D eigenvalue weighted by Gasteiger charge is -2.13. The van der Waals surface area contributed by atoms with Crippen molar-refractivity contribution in [2.45, 2.75) is 32.0 Å². The van der Waals surface area contributed by atoms with Crippen LogP contribution in [0.1, 0.15) is 36.5 Å². The lowest BCUT2D eigenvalue weighted by molar-refractivity contribution is -0.385. The van der Waals surface area contributed by atoms with Gasteiger partial charge in [0.15, 0.2) is 0 Å². The highest BCUT2D eigenvalue weighted by Crippen LogP contribution is 2.34. The topological polar surface area (TPSA) is 43.1 Å². The van der Waals surface area contributed by atoms with Gasteiger partial charge in [0.05, 0.1) is 4.92 Å². The predicted molar refractivity (Wildman–Crippen MR) is 90.0 cm³/mol. The normalized spacial score (nSPS) is 10.9. The van der Waals surface area contributed by atoms with Crippen LogP contribution in [0.5, 0.6) is 0 Å². The van der Waals surface area contributed by atoms with Gasteiger partial charge in [-0.3, -0.25) is 10.1 Å². The third-order valence-electron chi connectivity index (χ3n) is 3.61. The van der Waals surface area contributed by atoms with E-state index in [-0.39, 0.29) is 16.5 Å². The van der Waals surface area contributed by atoms with Gasteiger partial charge < -0.3 is 0 Å². The van der Waals surface area contributed by atoms with Gasteiger partial charge in [-0.05, 0) is 41.2 Å². The van der Waals surface area contributed by atoms with Gasteiger partial charge in [-0.2, -0.15) is 0 Å². The summed E-state index contributed by atoms with van der Waals surface area (Å²) in [7, 11) is 0. The zero-order valence-electron chi connectivity index (χ0n) is 12.4. The molecule has 2 aromatic carbocycles. The lowest BCUT2D eigenvalue weighted by atomic mass is 9.92. The highest BCUT2D eigenvalue weighted by Gasteiger charge is 2.19. The highest BCUT2D eigenvalue weighted by atomic mass is 79.9. The number of hydrogen-bond donors (Lipinski definition) is 0. The van der Waals surface area contributed by atoms with E-state index >= 15 is 0 Å². The average molecular weight is 348 g/mol. The van der Waals surface area contributed by atoms with Crippen LogP contribution in [0.2, 0.25) is 0 Å². The summed E-state index contributed by atoms with van der Waals surface area (Å²) < 4.78 is 0. The van der Waals surface area contributed by atoms with E-state index in [1.807, 2.05) is 26.8 Å². The molecule has 0 amide bonds. The first kappa shape index (κ1) is 15.7. The molecule has 0 bridgehead atoms. The molecular formula is C17H18BrNO2. The summed E-state index contributed by atoms with van der Waals surface area (Å²) in [6.45, 7) is 5.88. The first-order chi connectivity index (χ1) is 9.93. The van der Waals surface area contributed by atoms with Crippen molar-refractivity contribution in [2.24, 2.45) is 0 Å². The Bertz CT molecular complexity index is 663. The van der Waals surface area contributed by atoms with Crippen molar-refractivity contribution < 1.29 is 4.92 Å². The van der Waals surface area contributed by atoms with Crippen LogP contribution in [0.15, 0.2) is 36.4 Å². The fourth-order valence-electron chi connectivity index (χ4n) is 2.41. The fraction of sp³-hybridized carbons (Fsp3) is 0.294. The first-order valence-electron chi connectivity index (χ1n) is 6.88. The Morgan fingerprint density at radius 1 is 1.19 bits per heavy atom. The molecule has 2 aromatic rings. The molecule has 3 nitrogen and oxygen atoms in total. The van der Waals surface area contributed by atoms with Crippen LogP contribution < -0.4 is 0 Å². The average Bonchev–Trinajstić information content (AvgIpc) is 2.46. The molecule has 0 aliphatic heterocycles. The molecule has 0 aromatic heterocycles. The van der Waals surface area contributed by atoms with Gasteiger partial charge in [-0.1, -0.05) is 54.0 Å². The van der Waals surface area contributed by atoms with Crippen molar-refractivity contribution in [3.63, 3.8) is 0 Å². The van der Waals surface area contributed by atoms with E-state index in [4.69, 9.17) is 0 Å². The van der Waals surface area contributed by atoms with Crippen molar-refractivity contribution >= 4 is 21.6 Å². The van der Waals surface area contributed by atoms with Crippen LogP contribution >= 0.6 is 15.9 Å². The Morgan fingerprint density at radius 3 is 2.29 bits per heavy atom. The molecule has 4 heteroatoms. The Labute approximate surface area is 133 Å². The van der Waals surface area contributed by atoms with E-state index in [1.54, 1.807) is 6.07 Å². The van der Waals surface area contributed by atoms with E-state index in [1.165, 1.54) is 5.56 Å². The molecule has 0 aliphatic carbocycles. The SMILES string of the molecule is Cc1cc([N+](=O)[O-])c(C(C)C)cc1-c1ccc(CBr)cc1. The summed E-state index contributed by atoms with van der Waals surface area (Å²) in [5.41, 5.74) is 5.29. The predicted octanol–water partition coefficient (Wildman–Crippen LogP) is 5.59. The van der Waals surface area contributed by atoms with E-state index in [0.717, 1.165) is 27.6 Å². The second kappa shape index (κ2) is 6.39. The molecule has 0 unspecified atom stereocenters. The van der Waals surface area contributed by atoms with E-state index in [9.17, 15) is 10.1 Å². The minimum absolute atomic E-state index is 0.117. The Morgan fingerprint density at radius 2 is 1.81 bits per heavy atom. The van der Waals surface area contributed by atoms with Gasteiger partial charge in [-0.25, -0.2) is 0 Å². The third-order valence-corrected chi connectivity index (χ3v) is 4.26. The molecule has 0 aliphatic rings. The van der Waals surface area contributed by atoms with Crippen molar-refractivity contribution in [1.82, 2.24) is 0 Å².